The number of phenolic OH excluding ortho intramolecular Hbond substituents is 1. The minimum absolute atomic E-state index is 0.117. The highest BCUT2D eigenvalue weighted by atomic mass is 16.5. The van der Waals surface area contributed by atoms with Crippen LogP contribution in [0, 0.1) is 0 Å². The molecule has 5 nitrogen and oxygen atoms in total. The Morgan fingerprint density at radius 2 is 1.76 bits per heavy atom. The van der Waals surface area contributed by atoms with E-state index in [0.717, 1.165) is 35.6 Å². The zero-order valence-corrected chi connectivity index (χ0v) is 15.0. The normalized spacial score (nSPS) is 16.2. The van der Waals surface area contributed by atoms with Crippen LogP contribution in [0.15, 0.2) is 30.3 Å². The zero-order valence-electron chi connectivity index (χ0n) is 15.0. The van der Waals surface area contributed by atoms with Gasteiger partial charge in [0.15, 0.2) is 23.0 Å². The molecule has 0 amide bonds. The third kappa shape index (κ3) is 3.37. The molecule has 0 radical (unpaired) electrons. The first-order chi connectivity index (χ1) is 12.2. The van der Waals surface area contributed by atoms with Gasteiger partial charge in [-0.1, -0.05) is 12.1 Å². The van der Waals surface area contributed by atoms with Gasteiger partial charge in [0.2, 0.25) is 0 Å². The number of aromatic hydroxyl groups is 1. The summed E-state index contributed by atoms with van der Waals surface area (Å²) in [6, 6.07) is 9.54. The average Bonchev–Trinajstić information content (AvgIpc) is 2.62. The topological polar surface area (TPSA) is 60.0 Å². The Hall–Kier alpha value is -2.40. The molecule has 3 rings (SSSR count). The Morgan fingerprint density at radius 1 is 1.04 bits per heavy atom. The number of phenols is 1. The molecule has 2 aromatic rings. The summed E-state index contributed by atoms with van der Waals surface area (Å²) in [6.07, 6.45) is 0.906. The Balaban J connectivity index is 2.08. The standard InChI is InChI=1S/C20H25NO4/c1-4-24-17-11-13-9-10-21-19(15(13)12-18(17)25-5-2)14-7-6-8-16(23-3)20(14)22/h6-8,11-12,19,21-22H,4-5,9-10H2,1-3H3/t19-/m1/s1. The number of para-hydroxylation sites is 1. The summed E-state index contributed by atoms with van der Waals surface area (Å²) in [5.74, 6) is 2.15. The molecule has 1 atom stereocenters. The molecule has 0 aliphatic carbocycles. The van der Waals surface area contributed by atoms with E-state index < -0.39 is 0 Å². The highest BCUT2D eigenvalue weighted by molar-refractivity contribution is 5.55. The maximum atomic E-state index is 10.6. The van der Waals surface area contributed by atoms with Crippen LogP contribution in [-0.4, -0.2) is 32.0 Å². The quantitative estimate of drug-likeness (QED) is 0.841. The lowest BCUT2D eigenvalue weighted by Gasteiger charge is -2.29. The van der Waals surface area contributed by atoms with E-state index in [0.29, 0.717) is 19.0 Å². The number of hydrogen-bond donors (Lipinski definition) is 2. The highest BCUT2D eigenvalue weighted by Crippen LogP contribution is 2.42. The van der Waals surface area contributed by atoms with Crippen LogP contribution >= 0.6 is 0 Å². The first-order valence-electron chi connectivity index (χ1n) is 8.71. The minimum atomic E-state index is -0.117. The van der Waals surface area contributed by atoms with Crippen molar-refractivity contribution in [2.24, 2.45) is 0 Å². The number of ether oxygens (including phenoxy) is 3. The van der Waals surface area contributed by atoms with Gasteiger partial charge in [0.1, 0.15) is 0 Å². The Morgan fingerprint density at radius 3 is 2.44 bits per heavy atom. The van der Waals surface area contributed by atoms with Crippen LogP contribution in [0.2, 0.25) is 0 Å². The molecule has 1 heterocycles. The van der Waals surface area contributed by atoms with Gasteiger partial charge in [0.25, 0.3) is 0 Å². The third-order valence-corrected chi connectivity index (χ3v) is 4.42. The summed E-state index contributed by atoms with van der Waals surface area (Å²) in [7, 11) is 1.56. The highest BCUT2D eigenvalue weighted by Gasteiger charge is 2.27. The molecule has 0 bridgehead atoms. The van der Waals surface area contributed by atoms with Crippen molar-refractivity contribution in [3.05, 3.63) is 47.0 Å². The first-order valence-corrected chi connectivity index (χ1v) is 8.71. The Bertz CT molecular complexity index is 745. The lowest BCUT2D eigenvalue weighted by molar-refractivity contribution is 0.286. The molecule has 2 N–H and O–H groups in total. The van der Waals surface area contributed by atoms with Gasteiger partial charge in [-0.15, -0.1) is 0 Å². The molecule has 0 fully saturated rings. The van der Waals surface area contributed by atoms with Gasteiger partial charge in [-0.2, -0.15) is 0 Å². The lowest BCUT2D eigenvalue weighted by Crippen LogP contribution is -2.30. The minimum Gasteiger partial charge on any atom is -0.504 e. The number of nitrogens with one attached hydrogen (secondary N) is 1. The largest absolute Gasteiger partial charge is 0.504 e. The number of fused-ring (bicyclic) bond motifs is 1. The van der Waals surface area contributed by atoms with Gasteiger partial charge in [-0.05, 0) is 49.6 Å². The number of hydrogen-bond acceptors (Lipinski definition) is 5. The molecule has 0 saturated carbocycles. The fraction of sp³-hybridized carbons (Fsp3) is 0.400. The van der Waals surface area contributed by atoms with E-state index in [4.69, 9.17) is 14.2 Å². The van der Waals surface area contributed by atoms with Crippen molar-refractivity contribution in [3.63, 3.8) is 0 Å². The van der Waals surface area contributed by atoms with Crippen LogP contribution < -0.4 is 19.5 Å². The summed E-state index contributed by atoms with van der Waals surface area (Å²) >= 11 is 0. The molecule has 1 aliphatic rings. The van der Waals surface area contributed by atoms with Crippen molar-refractivity contribution in [1.29, 1.82) is 0 Å². The zero-order chi connectivity index (χ0) is 17.8. The summed E-state index contributed by atoms with van der Waals surface area (Å²) in [5.41, 5.74) is 3.10. The molecule has 0 spiro atoms. The molecular formula is C20H25NO4. The maximum absolute atomic E-state index is 10.6. The second-order valence-corrected chi connectivity index (χ2v) is 5.90. The maximum Gasteiger partial charge on any atom is 0.162 e. The van der Waals surface area contributed by atoms with E-state index >= 15 is 0 Å². The van der Waals surface area contributed by atoms with Crippen LogP contribution in [-0.2, 0) is 6.42 Å². The van der Waals surface area contributed by atoms with Crippen LogP contribution in [0.3, 0.4) is 0 Å². The predicted octanol–water partition coefficient (Wildman–Crippen LogP) is 3.43. The van der Waals surface area contributed by atoms with Crippen molar-refractivity contribution < 1.29 is 19.3 Å². The van der Waals surface area contributed by atoms with E-state index in [1.54, 1.807) is 13.2 Å². The summed E-state index contributed by atoms with van der Waals surface area (Å²) in [4.78, 5) is 0. The van der Waals surface area contributed by atoms with Crippen molar-refractivity contribution >= 4 is 0 Å². The smallest absolute Gasteiger partial charge is 0.162 e. The summed E-state index contributed by atoms with van der Waals surface area (Å²) in [6.45, 7) is 5.92. The van der Waals surface area contributed by atoms with E-state index in [9.17, 15) is 5.11 Å². The van der Waals surface area contributed by atoms with Gasteiger partial charge >= 0.3 is 0 Å². The number of benzene rings is 2. The second kappa shape index (κ2) is 7.66. The van der Waals surface area contributed by atoms with Gasteiger partial charge < -0.3 is 24.6 Å². The van der Waals surface area contributed by atoms with Crippen molar-refractivity contribution in [2.75, 3.05) is 26.9 Å². The fourth-order valence-electron chi connectivity index (χ4n) is 3.32. The van der Waals surface area contributed by atoms with Gasteiger partial charge in [-0.3, -0.25) is 0 Å². The lowest BCUT2D eigenvalue weighted by atomic mass is 9.89. The summed E-state index contributed by atoms with van der Waals surface area (Å²) < 4.78 is 16.8. The van der Waals surface area contributed by atoms with Gasteiger partial charge in [-0.25, -0.2) is 0 Å². The fourth-order valence-corrected chi connectivity index (χ4v) is 3.32. The van der Waals surface area contributed by atoms with Gasteiger partial charge in [0.05, 0.1) is 26.4 Å². The average molecular weight is 343 g/mol. The SMILES string of the molecule is CCOc1cc2c(cc1OCC)[C@@H](c1cccc(OC)c1O)NCC2. The van der Waals surface area contributed by atoms with Gasteiger partial charge in [0, 0.05) is 12.1 Å². The predicted molar refractivity (Wildman–Crippen MR) is 97.0 cm³/mol. The second-order valence-electron chi connectivity index (χ2n) is 5.90. The molecule has 0 saturated heterocycles. The molecule has 1 aliphatic heterocycles. The van der Waals surface area contributed by atoms with E-state index in [2.05, 4.69) is 11.4 Å². The van der Waals surface area contributed by atoms with Crippen LogP contribution in [0.4, 0.5) is 0 Å². The van der Waals surface area contributed by atoms with Crippen molar-refractivity contribution in [2.45, 2.75) is 26.3 Å². The number of methoxy groups -OCH3 is 1. The molecule has 134 valence electrons. The number of rotatable bonds is 6. The molecule has 25 heavy (non-hydrogen) atoms. The monoisotopic (exact) mass is 343 g/mol. The third-order valence-electron chi connectivity index (χ3n) is 4.42. The van der Waals surface area contributed by atoms with Crippen LogP contribution in [0.25, 0.3) is 0 Å². The molecule has 0 unspecified atom stereocenters. The van der Waals surface area contributed by atoms with Crippen LogP contribution in [0.1, 0.15) is 36.6 Å². The first kappa shape index (κ1) is 17.4. The van der Waals surface area contributed by atoms with Crippen molar-refractivity contribution in [3.8, 4) is 23.0 Å². The van der Waals surface area contributed by atoms with Crippen LogP contribution in [0.5, 0.6) is 23.0 Å². The molecule has 2 aromatic carbocycles. The molecular weight excluding hydrogens is 318 g/mol. The molecule has 0 aromatic heterocycles. The van der Waals surface area contributed by atoms with E-state index in [1.165, 1.54) is 5.56 Å². The Labute approximate surface area is 148 Å². The van der Waals surface area contributed by atoms with E-state index in [-0.39, 0.29) is 11.8 Å². The van der Waals surface area contributed by atoms with E-state index in [1.807, 2.05) is 32.0 Å². The summed E-state index contributed by atoms with van der Waals surface area (Å²) in [5, 5.41) is 14.0. The molecule has 5 heteroatoms. The van der Waals surface area contributed by atoms with Crippen molar-refractivity contribution in [1.82, 2.24) is 5.32 Å². The Kier molecular flexibility index (Phi) is 5.34.